The Hall–Kier alpha value is -3.59. The van der Waals surface area contributed by atoms with Crippen LogP contribution in [0.4, 0.5) is 14.9 Å². The molecule has 2 aromatic rings. The maximum atomic E-state index is 13.7. The molecule has 0 bridgehead atoms. The minimum Gasteiger partial charge on any atom is -0.490 e. The number of hydrogen-bond acceptors (Lipinski definition) is 5. The van der Waals surface area contributed by atoms with E-state index in [-0.39, 0.29) is 16.4 Å². The van der Waals surface area contributed by atoms with Crippen LogP contribution in [0.3, 0.4) is 0 Å². The van der Waals surface area contributed by atoms with Crippen LogP contribution >= 0.6 is 11.6 Å². The number of nitrogens with one attached hydrogen (secondary N) is 2. The lowest BCUT2D eigenvalue weighted by molar-refractivity contribution is -0.127. The summed E-state index contributed by atoms with van der Waals surface area (Å²) >= 11 is 6.31. The summed E-state index contributed by atoms with van der Waals surface area (Å²) in [6, 6.07) is 7.94. The lowest BCUT2D eigenvalue weighted by Gasteiger charge is -2.13. The number of urea groups is 1. The van der Waals surface area contributed by atoms with Crippen LogP contribution < -0.4 is 20.1 Å². The standard InChI is InChI=1S/C22H21ClFN3O5/c1-3-31-18-10-13(14(23)11-19(18)32-4-2)9-17-21(29)27(22(30)26-17)12-20(28)25-16-8-6-5-7-15(16)24/h5-11H,3-4,12H2,1-2H3,(H,25,28)(H,26,30)/b17-9+. The SMILES string of the molecule is CCOc1cc(Cl)c(/C=C2/NC(=O)N(CC(=O)Nc3ccccc3F)C2=O)cc1OCC. The van der Waals surface area contributed by atoms with Crippen molar-refractivity contribution in [3.63, 3.8) is 0 Å². The third kappa shape index (κ3) is 5.17. The summed E-state index contributed by atoms with van der Waals surface area (Å²) < 4.78 is 24.8. The van der Waals surface area contributed by atoms with E-state index in [1.807, 2.05) is 13.8 Å². The molecule has 1 aliphatic heterocycles. The van der Waals surface area contributed by atoms with Crippen LogP contribution in [0.2, 0.25) is 5.02 Å². The Labute approximate surface area is 188 Å². The quantitative estimate of drug-likeness (QED) is 0.460. The highest BCUT2D eigenvalue weighted by Crippen LogP contribution is 2.35. The molecule has 0 aromatic heterocycles. The molecular formula is C22H21ClFN3O5. The van der Waals surface area contributed by atoms with Gasteiger partial charge < -0.3 is 20.1 Å². The first-order valence-corrected chi connectivity index (χ1v) is 10.2. The Morgan fingerprint density at radius 1 is 1.16 bits per heavy atom. The Morgan fingerprint density at radius 2 is 1.81 bits per heavy atom. The number of ether oxygens (including phenoxy) is 2. The third-order valence-electron chi connectivity index (χ3n) is 4.37. The summed E-state index contributed by atoms with van der Waals surface area (Å²) in [5, 5.41) is 5.03. The van der Waals surface area contributed by atoms with Gasteiger partial charge in [-0.3, -0.25) is 9.59 Å². The van der Waals surface area contributed by atoms with Crippen molar-refractivity contribution in [1.82, 2.24) is 10.2 Å². The fourth-order valence-electron chi connectivity index (χ4n) is 2.96. The molecule has 1 fully saturated rings. The van der Waals surface area contributed by atoms with Crippen molar-refractivity contribution in [3.05, 3.63) is 58.5 Å². The van der Waals surface area contributed by atoms with Crippen LogP contribution in [0.1, 0.15) is 19.4 Å². The van der Waals surface area contributed by atoms with Crippen LogP contribution in [0, 0.1) is 5.82 Å². The first kappa shape index (κ1) is 23.1. The van der Waals surface area contributed by atoms with Crippen molar-refractivity contribution in [1.29, 1.82) is 0 Å². The number of anilines is 1. The molecule has 2 aromatic carbocycles. The summed E-state index contributed by atoms with van der Waals surface area (Å²) in [6.07, 6.45) is 1.38. The number of nitrogens with zero attached hydrogens (tertiary/aromatic N) is 1. The van der Waals surface area contributed by atoms with Crippen molar-refractivity contribution in [2.24, 2.45) is 0 Å². The number of para-hydroxylation sites is 1. The van der Waals surface area contributed by atoms with Crippen LogP contribution in [0.15, 0.2) is 42.1 Å². The van der Waals surface area contributed by atoms with Gasteiger partial charge in [0.2, 0.25) is 5.91 Å². The number of benzene rings is 2. The van der Waals surface area contributed by atoms with Gasteiger partial charge in [-0.15, -0.1) is 0 Å². The molecule has 0 aliphatic carbocycles. The van der Waals surface area contributed by atoms with E-state index in [2.05, 4.69) is 10.6 Å². The van der Waals surface area contributed by atoms with Crippen LogP contribution in [0.5, 0.6) is 11.5 Å². The molecular weight excluding hydrogens is 441 g/mol. The van der Waals surface area contributed by atoms with E-state index in [1.54, 1.807) is 18.2 Å². The fraction of sp³-hybridized carbons (Fsp3) is 0.227. The Morgan fingerprint density at radius 3 is 2.47 bits per heavy atom. The Bertz CT molecular complexity index is 1090. The van der Waals surface area contributed by atoms with Crippen molar-refractivity contribution < 1.29 is 28.2 Å². The fourth-order valence-corrected chi connectivity index (χ4v) is 3.17. The average Bonchev–Trinajstić information content (AvgIpc) is 3.00. The monoisotopic (exact) mass is 461 g/mol. The summed E-state index contributed by atoms with van der Waals surface area (Å²) in [4.78, 5) is 37.9. The van der Waals surface area contributed by atoms with Crippen LogP contribution in [-0.2, 0) is 9.59 Å². The number of rotatable bonds is 8. The van der Waals surface area contributed by atoms with Gasteiger partial charge in [0.1, 0.15) is 18.1 Å². The van der Waals surface area contributed by atoms with E-state index >= 15 is 0 Å². The zero-order chi connectivity index (χ0) is 23.3. The molecule has 0 radical (unpaired) electrons. The number of amides is 4. The molecule has 2 N–H and O–H groups in total. The van der Waals surface area contributed by atoms with Crippen molar-refractivity contribution >= 4 is 41.2 Å². The predicted molar refractivity (Wildman–Crippen MR) is 117 cm³/mol. The van der Waals surface area contributed by atoms with Gasteiger partial charge >= 0.3 is 6.03 Å². The van der Waals surface area contributed by atoms with E-state index in [9.17, 15) is 18.8 Å². The van der Waals surface area contributed by atoms with Gasteiger partial charge in [-0.2, -0.15) is 0 Å². The Kier molecular flexibility index (Phi) is 7.32. The van der Waals surface area contributed by atoms with Crippen molar-refractivity contribution in [3.8, 4) is 11.5 Å². The van der Waals surface area contributed by atoms with Crippen molar-refractivity contribution in [2.75, 3.05) is 25.1 Å². The molecule has 0 atom stereocenters. The van der Waals surface area contributed by atoms with E-state index in [4.69, 9.17) is 21.1 Å². The molecule has 8 nitrogen and oxygen atoms in total. The topological polar surface area (TPSA) is 97.0 Å². The largest absolute Gasteiger partial charge is 0.490 e. The molecule has 0 unspecified atom stereocenters. The number of hydrogen-bond donors (Lipinski definition) is 2. The smallest absolute Gasteiger partial charge is 0.329 e. The van der Waals surface area contributed by atoms with Crippen LogP contribution in [0.25, 0.3) is 6.08 Å². The third-order valence-corrected chi connectivity index (χ3v) is 4.70. The van der Waals surface area contributed by atoms with E-state index in [0.717, 1.165) is 0 Å². The van der Waals surface area contributed by atoms with Crippen molar-refractivity contribution in [2.45, 2.75) is 13.8 Å². The zero-order valence-corrected chi connectivity index (χ0v) is 18.2. The molecule has 0 saturated carbocycles. The van der Waals surface area contributed by atoms with Gasteiger partial charge in [0, 0.05) is 6.07 Å². The molecule has 1 aliphatic rings. The molecule has 3 rings (SSSR count). The number of imide groups is 1. The zero-order valence-electron chi connectivity index (χ0n) is 17.4. The normalized spacial score (nSPS) is 14.5. The average molecular weight is 462 g/mol. The number of carbonyl (C=O) groups is 3. The summed E-state index contributed by atoms with van der Waals surface area (Å²) in [5.74, 6) is -1.19. The second kappa shape index (κ2) is 10.1. The molecule has 10 heteroatoms. The van der Waals surface area contributed by atoms with Gasteiger partial charge in [0.05, 0.1) is 23.9 Å². The number of halogens is 2. The van der Waals surface area contributed by atoms with Crippen LogP contribution in [-0.4, -0.2) is 42.5 Å². The molecule has 168 valence electrons. The predicted octanol–water partition coefficient (Wildman–Crippen LogP) is 3.81. The minimum atomic E-state index is -0.781. The maximum Gasteiger partial charge on any atom is 0.329 e. The number of carbonyl (C=O) groups excluding carboxylic acids is 3. The molecule has 32 heavy (non-hydrogen) atoms. The highest BCUT2D eigenvalue weighted by Gasteiger charge is 2.35. The maximum absolute atomic E-state index is 13.7. The highest BCUT2D eigenvalue weighted by molar-refractivity contribution is 6.32. The van der Waals surface area contributed by atoms with E-state index in [0.29, 0.717) is 35.2 Å². The van der Waals surface area contributed by atoms with Gasteiger partial charge in [0.25, 0.3) is 5.91 Å². The molecule has 0 spiro atoms. The lowest BCUT2D eigenvalue weighted by atomic mass is 10.1. The van der Waals surface area contributed by atoms with E-state index in [1.165, 1.54) is 24.3 Å². The summed E-state index contributed by atoms with van der Waals surface area (Å²) in [6.45, 7) is 3.85. The lowest BCUT2D eigenvalue weighted by Crippen LogP contribution is -2.38. The van der Waals surface area contributed by atoms with E-state index < -0.39 is 30.2 Å². The first-order valence-electron chi connectivity index (χ1n) is 9.82. The highest BCUT2D eigenvalue weighted by atomic mass is 35.5. The molecule has 1 heterocycles. The summed E-state index contributed by atoms with van der Waals surface area (Å²) in [5.41, 5.74) is 0.298. The first-order chi connectivity index (χ1) is 15.3. The second-order valence-electron chi connectivity index (χ2n) is 6.59. The second-order valence-corrected chi connectivity index (χ2v) is 7.00. The Balaban J connectivity index is 1.78. The molecule has 1 saturated heterocycles. The molecule has 4 amide bonds. The summed E-state index contributed by atoms with van der Waals surface area (Å²) in [7, 11) is 0. The minimum absolute atomic E-state index is 0.0510. The van der Waals surface area contributed by atoms with Gasteiger partial charge in [-0.25, -0.2) is 14.1 Å². The van der Waals surface area contributed by atoms with Gasteiger partial charge in [-0.1, -0.05) is 23.7 Å². The van der Waals surface area contributed by atoms with Gasteiger partial charge in [0.15, 0.2) is 11.5 Å². The van der Waals surface area contributed by atoms with Gasteiger partial charge in [-0.05, 0) is 43.7 Å².